The molecule has 0 unspecified atom stereocenters. The third-order valence-electron chi connectivity index (χ3n) is 3.52. The maximum Gasteiger partial charge on any atom is 0.274 e. The lowest BCUT2D eigenvalue weighted by Crippen LogP contribution is -2.42. The highest BCUT2D eigenvalue weighted by Crippen LogP contribution is 2.26. The topological polar surface area (TPSA) is 128 Å². The molecular weight excluding hydrogens is 394 g/mol. The molecule has 2 aromatic carbocycles. The fraction of sp³-hybridized carbons (Fsp3) is 0.176. The maximum atomic E-state index is 12.4. The monoisotopic (exact) mass is 411 g/mol. The fourth-order valence-electron chi connectivity index (χ4n) is 2.06. The van der Waals surface area contributed by atoms with Crippen molar-refractivity contribution in [3.05, 3.63) is 64.7 Å². The number of primary amides is 1. The highest BCUT2D eigenvalue weighted by molar-refractivity contribution is 7.89. The van der Waals surface area contributed by atoms with E-state index in [1.54, 1.807) is 36.4 Å². The van der Waals surface area contributed by atoms with Crippen molar-refractivity contribution in [1.82, 2.24) is 10.2 Å². The van der Waals surface area contributed by atoms with Crippen molar-refractivity contribution in [1.29, 1.82) is 0 Å². The van der Waals surface area contributed by atoms with Crippen molar-refractivity contribution in [3.8, 4) is 0 Å². The predicted molar refractivity (Wildman–Crippen MR) is 99.1 cm³/mol. The molecule has 8 nitrogen and oxygen atoms in total. The molecule has 0 aromatic heterocycles. The number of hydrogen-bond donors (Lipinski definition) is 3. The smallest absolute Gasteiger partial charge is 0.274 e. The number of sulfonamides is 1. The number of amides is 2. The Morgan fingerprint density at radius 2 is 1.81 bits per heavy atom. The number of nitrogens with one attached hydrogen (secondary N) is 2. The summed E-state index contributed by atoms with van der Waals surface area (Å²) in [6, 6.07) is 11.6. The van der Waals surface area contributed by atoms with Crippen molar-refractivity contribution in [3.63, 3.8) is 0 Å². The minimum absolute atomic E-state index is 0.0874. The minimum atomic E-state index is -4.07. The van der Waals surface area contributed by atoms with Crippen LogP contribution in [0.2, 0.25) is 5.02 Å². The SMILES string of the molecule is C[C@@H](NS(=O)(=O)c1cccc(CONC(=O)c2ccccc2)c1Cl)C(N)=O. The Hall–Kier alpha value is -2.46. The van der Waals surface area contributed by atoms with Crippen LogP contribution < -0.4 is 15.9 Å². The van der Waals surface area contributed by atoms with Crippen LogP contribution in [0.5, 0.6) is 0 Å². The first-order chi connectivity index (χ1) is 12.7. The van der Waals surface area contributed by atoms with Crippen LogP contribution in [0.15, 0.2) is 53.4 Å². The summed E-state index contributed by atoms with van der Waals surface area (Å²) < 4.78 is 26.9. The first kappa shape index (κ1) is 20.8. The average Bonchev–Trinajstić information content (AvgIpc) is 2.63. The number of carbonyl (C=O) groups excluding carboxylic acids is 2. The van der Waals surface area contributed by atoms with E-state index in [2.05, 4.69) is 10.2 Å². The van der Waals surface area contributed by atoms with Crippen molar-refractivity contribution in [2.75, 3.05) is 0 Å². The van der Waals surface area contributed by atoms with Gasteiger partial charge in [-0.3, -0.25) is 14.4 Å². The Balaban J connectivity index is 2.08. The molecule has 1 atom stereocenters. The third-order valence-corrected chi connectivity index (χ3v) is 5.66. The van der Waals surface area contributed by atoms with Crippen molar-refractivity contribution in [2.24, 2.45) is 5.73 Å². The van der Waals surface area contributed by atoms with Crippen molar-refractivity contribution in [2.45, 2.75) is 24.5 Å². The summed E-state index contributed by atoms with van der Waals surface area (Å²) in [4.78, 5) is 27.9. The van der Waals surface area contributed by atoms with E-state index in [1.807, 2.05) is 0 Å². The zero-order valence-corrected chi connectivity index (χ0v) is 15.9. The Bertz CT molecular complexity index is 935. The van der Waals surface area contributed by atoms with Gasteiger partial charge in [0.25, 0.3) is 5.91 Å². The van der Waals surface area contributed by atoms with Gasteiger partial charge in [-0.05, 0) is 25.1 Å². The molecule has 144 valence electrons. The first-order valence-electron chi connectivity index (χ1n) is 7.78. The molecule has 0 heterocycles. The second-order valence-corrected chi connectivity index (χ2v) is 7.62. The summed E-state index contributed by atoms with van der Waals surface area (Å²) in [6.07, 6.45) is 0. The lowest BCUT2D eigenvalue weighted by atomic mass is 10.2. The number of nitrogens with two attached hydrogens (primary N) is 1. The highest BCUT2D eigenvalue weighted by Gasteiger charge is 2.24. The lowest BCUT2D eigenvalue weighted by molar-refractivity contribution is -0.119. The van der Waals surface area contributed by atoms with Crippen LogP contribution in [-0.4, -0.2) is 26.3 Å². The molecule has 27 heavy (non-hydrogen) atoms. The van der Waals surface area contributed by atoms with Gasteiger partial charge in [0.05, 0.1) is 11.1 Å². The third kappa shape index (κ3) is 5.51. The minimum Gasteiger partial charge on any atom is -0.368 e. The molecule has 0 aliphatic rings. The van der Waals surface area contributed by atoms with Crippen LogP contribution in [0.25, 0.3) is 0 Å². The molecule has 2 aromatic rings. The van der Waals surface area contributed by atoms with Crippen molar-refractivity contribution < 1.29 is 22.8 Å². The zero-order valence-electron chi connectivity index (χ0n) is 14.3. The molecule has 2 amide bonds. The van der Waals surface area contributed by atoms with Gasteiger partial charge in [-0.2, -0.15) is 4.72 Å². The van der Waals surface area contributed by atoms with E-state index in [-0.39, 0.29) is 16.5 Å². The molecule has 10 heteroatoms. The Morgan fingerprint density at radius 1 is 1.15 bits per heavy atom. The van der Waals surface area contributed by atoms with Gasteiger partial charge in [0.2, 0.25) is 15.9 Å². The lowest BCUT2D eigenvalue weighted by Gasteiger charge is -2.14. The van der Waals surface area contributed by atoms with Gasteiger partial charge in [-0.1, -0.05) is 41.9 Å². The van der Waals surface area contributed by atoms with Gasteiger partial charge in [0.15, 0.2) is 0 Å². The number of rotatable bonds is 8. The molecule has 0 aliphatic heterocycles. The van der Waals surface area contributed by atoms with E-state index in [9.17, 15) is 18.0 Å². The zero-order chi connectivity index (χ0) is 20.0. The molecule has 0 radical (unpaired) electrons. The van der Waals surface area contributed by atoms with Gasteiger partial charge < -0.3 is 5.73 Å². The summed E-state index contributed by atoms with van der Waals surface area (Å²) in [5, 5.41) is -0.0874. The number of carbonyl (C=O) groups is 2. The molecule has 0 bridgehead atoms. The Kier molecular flexibility index (Phi) is 6.92. The van der Waals surface area contributed by atoms with Crippen LogP contribution in [0.4, 0.5) is 0 Å². The normalized spacial score (nSPS) is 12.4. The summed E-state index contributed by atoms with van der Waals surface area (Å²) in [5.74, 6) is -1.27. The maximum absolute atomic E-state index is 12.4. The molecule has 0 fully saturated rings. The number of hydroxylamine groups is 1. The van der Waals surface area contributed by atoms with Crippen LogP contribution in [0.3, 0.4) is 0 Å². The van der Waals surface area contributed by atoms with E-state index >= 15 is 0 Å². The second kappa shape index (κ2) is 8.96. The average molecular weight is 412 g/mol. The van der Waals surface area contributed by atoms with Crippen LogP contribution >= 0.6 is 11.6 Å². The molecule has 2 rings (SSSR count). The molecule has 0 saturated carbocycles. The Labute approximate surface area is 161 Å². The van der Waals surface area contributed by atoms with Crippen LogP contribution in [0.1, 0.15) is 22.8 Å². The van der Waals surface area contributed by atoms with E-state index in [0.717, 1.165) is 0 Å². The van der Waals surface area contributed by atoms with Crippen LogP contribution in [-0.2, 0) is 26.3 Å². The van der Waals surface area contributed by atoms with Crippen LogP contribution in [0, 0.1) is 0 Å². The number of benzene rings is 2. The largest absolute Gasteiger partial charge is 0.368 e. The second-order valence-electron chi connectivity index (χ2n) is 5.56. The van der Waals surface area contributed by atoms with Gasteiger partial charge in [0.1, 0.15) is 11.5 Å². The van der Waals surface area contributed by atoms with Gasteiger partial charge in [-0.25, -0.2) is 13.9 Å². The number of halogens is 1. The quantitative estimate of drug-likeness (QED) is 0.565. The summed E-state index contributed by atoms with van der Waals surface area (Å²) in [5.41, 5.74) is 8.07. The molecule has 0 aliphatic carbocycles. The van der Waals surface area contributed by atoms with E-state index in [1.165, 1.54) is 19.1 Å². The number of hydrogen-bond acceptors (Lipinski definition) is 5. The van der Waals surface area contributed by atoms with E-state index in [0.29, 0.717) is 11.1 Å². The van der Waals surface area contributed by atoms with E-state index < -0.39 is 27.9 Å². The van der Waals surface area contributed by atoms with Gasteiger partial charge in [0, 0.05) is 11.1 Å². The standard InChI is InChI=1S/C17H18ClN3O5S/c1-11(16(19)22)21-27(24,25)14-9-5-8-13(15(14)18)10-26-20-17(23)12-6-3-2-4-7-12/h2-9,11,21H,10H2,1H3,(H2,19,22)(H,20,23)/t11-/m1/s1. The summed E-state index contributed by atoms with van der Waals surface area (Å²) >= 11 is 6.16. The first-order valence-corrected chi connectivity index (χ1v) is 9.64. The molecule has 0 spiro atoms. The Morgan fingerprint density at radius 3 is 2.44 bits per heavy atom. The molecular formula is C17H18ClN3O5S. The summed E-state index contributed by atoms with van der Waals surface area (Å²) in [7, 11) is -4.07. The predicted octanol–water partition coefficient (Wildman–Crippen LogP) is 1.35. The fourth-order valence-corrected chi connectivity index (χ4v) is 3.88. The van der Waals surface area contributed by atoms with Gasteiger partial charge >= 0.3 is 0 Å². The molecule has 0 saturated heterocycles. The van der Waals surface area contributed by atoms with E-state index in [4.69, 9.17) is 22.2 Å². The summed E-state index contributed by atoms with van der Waals surface area (Å²) in [6.45, 7) is 1.16. The van der Waals surface area contributed by atoms with Crippen molar-refractivity contribution >= 4 is 33.4 Å². The van der Waals surface area contributed by atoms with Gasteiger partial charge in [-0.15, -0.1) is 0 Å². The highest BCUT2D eigenvalue weighted by atomic mass is 35.5. The molecule has 4 N–H and O–H groups in total.